The fourth-order valence-corrected chi connectivity index (χ4v) is 3.91. The molecule has 0 aliphatic carbocycles. The maximum absolute atomic E-state index is 12.4. The molecule has 2 aromatic rings. The molecule has 1 amide bonds. The molecule has 0 radical (unpaired) electrons. The molecule has 0 saturated carbocycles. The molecule has 0 saturated heterocycles. The van der Waals surface area contributed by atoms with Gasteiger partial charge in [0, 0.05) is 29.9 Å². The van der Waals surface area contributed by atoms with Crippen LogP contribution in [0.5, 0.6) is 0 Å². The number of para-hydroxylation sites is 1. The van der Waals surface area contributed by atoms with Crippen molar-refractivity contribution < 1.29 is 29.3 Å². The number of ether oxygens (including phenoxy) is 1. The molecule has 2 rings (SSSR count). The van der Waals surface area contributed by atoms with Gasteiger partial charge in [-0.05, 0) is 25.0 Å². The zero-order valence-corrected chi connectivity index (χ0v) is 21.9. The van der Waals surface area contributed by atoms with Gasteiger partial charge < -0.3 is 25.3 Å². The van der Waals surface area contributed by atoms with Crippen molar-refractivity contribution in [1.82, 2.24) is 10.3 Å². The Morgan fingerprint density at radius 2 is 1.58 bits per heavy atom. The second-order valence-corrected chi connectivity index (χ2v) is 8.88. The number of amides is 1. The number of aliphatic carboxylic acids is 1. The monoisotopic (exact) mass is 504 g/mol. The van der Waals surface area contributed by atoms with E-state index < -0.39 is 12.0 Å². The molecule has 1 aromatic carbocycles. The molecule has 1 aromatic heterocycles. The van der Waals surface area contributed by atoms with E-state index in [2.05, 4.69) is 17.2 Å². The van der Waals surface area contributed by atoms with Crippen molar-refractivity contribution >= 4 is 28.7 Å². The van der Waals surface area contributed by atoms with E-state index in [1.165, 1.54) is 44.9 Å². The number of carboxylic acids is 1. The Morgan fingerprint density at radius 1 is 0.944 bits per heavy atom. The lowest BCUT2D eigenvalue weighted by Crippen LogP contribution is -2.43. The SMILES string of the molecule is CCCCCCCCCCCC(=O)N[C@@H](Cc1c[nH]c2ccccc12)C(=O)OCC.O=C(O)CCO. The van der Waals surface area contributed by atoms with E-state index in [0.29, 0.717) is 19.4 Å². The third kappa shape index (κ3) is 13.3. The van der Waals surface area contributed by atoms with Crippen LogP contribution in [-0.2, 0) is 25.5 Å². The molecule has 1 heterocycles. The first-order valence-corrected chi connectivity index (χ1v) is 13.3. The predicted molar refractivity (Wildman–Crippen MR) is 142 cm³/mol. The highest BCUT2D eigenvalue weighted by molar-refractivity contribution is 5.87. The molecule has 0 aliphatic rings. The van der Waals surface area contributed by atoms with Crippen molar-refractivity contribution in [2.24, 2.45) is 0 Å². The van der Waals surface area contributed by atoms with Gasteiger partial charge in [0.2, 0.25) is 5.91 Å². The van der Waals surface area contributed by atoms with Crippen LogP contribution in [0, 0.1) is 0 Å². The molecular formula is C28H44N2O6. The van der Waals surface area contributed by atoms with Gasteiger partial charge in [0.05, 0.1) is 19.6 Å². The Balaban J connectivity index is 0.000000960. The van der Waals surface area contributed by atoms with Crippen LogP contribution in [0.3, 0.4) is 0 Å². The van der Waals surface area contributed by atoms with Gasteiger partial charge >= 0.3 is 11.9 Å². The second-order valence-electron chi connectivity index (χ2n) is 8.88. The summed E-state index contributed by atoms with van der Waals surface area (Å²) in [5.74, 6) is -1.41. The van der Waals surface area contributed by atoms with E-state index in [9.17, 15) is 14.4 Å². The number of nitrogens with one attached hydrogen (secondary N) is 2. The average Bonchev–Trinajstić information content (AvgIpc) is 3.26. The van der Waals surface area contributed by atoms with Crippen molar-refractivity contribution in [1.29, 1.82) is 0 Å². The molecule has 8 nitrogen and oxygen atoms in total. The van der Waals surface area contributed by atoms with E-state index in [1.54, 1.807) is 6.92 Å². The Hall–Kier alpha value is -2.87. The van der Waals surface area contributed by atoms with Gasteiger partial charge in [0.1, 0.15) is 6.04 Å². The number of unbranched alkanes of at least 4 members (excludes halogenated alkanes) is 8. The molecule has 1 atom stereocenters. The summed E-state index contributed by atoms with van der Waals surface area (Å²) >= 11 is 0. The molecule has 36 heavy (non-hydrogen) atoms. The van der Waals surface area contributed by atoms with Crippen LogP contribution in [0.2, 0.25) is 0 Å². The summed E-state index contributed by atoms with van der Waals surface area (Å²) in [5.41, 5.74) is 2.03. The third-order valence-corrected chi connectivity index (χ3v) is 5.84. The summed E-state index contributed by atoms with van der Waals surface area (Å²) in [4.78, 5) is 37.5. The summed E-state index contributed by atoms with van der Waals surface area (Å²) in [7, 11) is 0. The molecule has 0 aliphatic heterocycles. The van der Waals surface area contributed by atoms with E-state index in [0.717, 1.165) is 29.3 Å². The van der Waals surface area contributed by atoms with Crippen molar-refractivity contribution in [3.8, 4) is 0 Å². The molecule has 0 spiro atoms. The maximum atomic E-state index is 12.4. The number of aromatic nitrogens is 1. The minimum atomic E-state index is -0.961. The summed E-state index contributed by atoms with van der Waals surface area (Å²) in [6.07, 6.45) is 13.6. The Labute approximate surface area is 214 Å². The number of carboxylic acid groups (broad SMARTS) is 1. The fourth-order valence-electron chi connectivity index (χ4n) is 3.91. The quantitative estimate of drug-likeness (QED) is 0.175. The minimum absolute atomic E-state index is 0.0733. The number of hydrogen-bond acceptors (Lipinski definition) is 5. The Bertz CT molecular complexity index is 895. The number of aliphatic hydroxyl groups is 1. The highest BCUT2D eigenvalue weighted by atomic mass is 16.5. The van der Waals surface area contributed by atoms with Gasteiger partial charge in [-0.1, -0.05) is 76.5 Å². The molecule has 0 unspecified atom stereocenters. The number of aliphatic hydroxyl groups excluding tert-OH is 1. The van der Waals surface area contributed by atoms with Crippen LogP contribution >= 0.6 is 0 Å². The van der Waals surface area contributed by atoms with Gasteiger partial charge in [-0.15, -0.1) is 0 Å². The predicted octanol–water partition coefficient (Wildman–Crippen LogP) is 5.13. The molecule has 8 heteroatoms. The fraction of sp³-hybridized carbons (Fsp3) is 0.607. The van der Waals surface area contributed by atoms with Crippen LogP contribution in [0.4, 0.5) is 0 Å². The van der Waals surface area contributed by atoms with Crippen LogP contribution < -0.4 is 5.32 Å². The van der Waals surface area contributed by atoms with Crippen molar-refractivity contribution in [3.63, 3.8) is 0 Å². The van der Waals surface area contributed by atoms with Crippen LogP contribution in [0.25, 0.3) is 10.9 Å². The first kappa shape index (κ1) is 31.2. The number of fused-ring (bicyclic) bond motifs is 1. The summed E-state index contributed by atoms with van der Waals surface area (Å²) in [6, 6.07) is 7.31. The number of H-pyrrole nitrogens is 1. The highest BCUT2D eigenvalue weighted by Crippen LogP contribution is 2.19. The lowest BCUT2D eigenvalue weighted by atomic mass is 10.0. The zero-order chi connectivity index (χ0) is 26.6. The smallest absolute Gasteiger partial charge is 0.328 e. The summed E-state index contributed by atoms with van der Waals surface area (Å²) in [6.45, 7) is 4.05. The second kappa shape index (κ2) is 19.3. The molecular weight excluding hydrogens is 460 g/mol. The van der Waals surface area contributed by atoms with E-state index in [1.807, 2.05) is 30.5 Å². The van der Waals surface area contributed by atoms with Gasteiger partial charge in [-0.25, -0.2) is 4.79 Å². The summed E-state index contributed by atoms with van der Waals surface area (Å²) in [5, 5.41) is 19.6. The number of benzene rings is 1. The van der Waals surface area contributed by atoms with Crippen molar-refractivity contribution in [2.45, 2.75) is 96.9 Å². The third-order valence-electron chi connectivity index (χ3n) is 5.84. The average molecular weight is 505 g/mol. The highest BCUT2D eigenvalue weighted by Gasteiger charge is 2.23. The Kier molecular flexibility index (Phi) is 16.7. The summed E-state index contributed by atoms with van der Waals surface area (Å²) < 4.78 is 5.20. The maximum Gasteiger partial charge on any atom is 0.328 e. The normalized spacial score (nSPS) is 11.4. The lowest BCUT2D eigenvalue weighted by molar-refractivity contribution is -0.147. The van der Waals surface area contributed by atoms with Crippen LogP contribution in [0.1, 0.15) is 90.0 Å². The van der Waals surface area contributed by atoms with Gasteiger partial charge in [0.15, 0.2) is 0 Å². The van der Waals surface area contributed by atoms with E-state index in [-0.39, 0.29) is 24.9 Å². The van der Waals surface area contributed by atoms with Crippen molar-refractivity contribution in [3.05, 3.63) is 36.0 Å². The first-order valence-electron chi connectivity index (χ1n) is 13.3. The van der Waals surface area contributed by atoms with Gasteiger partial charge in [-0.3, -0.25) is 9.59 Å². The van der Waals surface area contributed by atoms with Gasteiger partial charge in [0.25, 0.3) is 0 Å². The molecule has 4 N–H and O–H groups in total. The van der Waals surface area contributed by atoms with Crippen molar-refractivity contribution in [2.75, 3.05) is 13.2 Å². The standard InChI is InChI=1S/C25H38N2O3.C3H6O3/c1-3-5-6-7-8-9-10-11-12-17-24(28)27-23(25(29)30-4-2)18-20-19-26-22-16-14-13-15-21(20)22;4-2-1-3(5)6/h13-16,19,23,26H,3-12,17-18H2,1-2H3,(H,27,28);4H,1-2H2,(H,5,6)/t23-;/m0./s1. The number of esters is 1. The van der Waals surface area contributed by atoms with Crippen LogP contribution in [0.15, 0.2) is 30.5 Å². The van der Waals surface area contributed by atoms with Gasteiger partial charge in [-0.2, -0.15) is 0 Å². The minimum Gasteiger partial charge on any atom is -0.481 e. The van der Waals surface area contributed by atoms with E-state index >= 15 is 0 Å². The molecule has 202 valence electrons. The molecule has 0 fully saturated rings. The number of rotatable bonds is 17. The largest absolute Gasteiger partial charge is 0.481 e. The number of carbonyl (C=O) groups is 3. The number of hydrogen-bond donors (Lipinski definition) is 4. The van der Waals surface area contributed by atoms with E-state index in [4.69, 9.17) is 14.9 Å². The number of aromatic amines is 1. The topological polar surface area (TPSA) is 129 Å². The zero-order valence-electron chi connectivity index (χ0n) is 21.9. The molecule has 0 bridgehead atoms. The number of carbonyl (C=O) groups excluding carboxylic acids is 2. The Morgan fingerprint density at radius 3 is 2.17 bits per heavy atom. The lowest BCUT2D eigenvalue weighted by Gasteiger charge is -2.17. The van der Waals surface area contributed by atoms with Crippen LogP contribution in [-0.4, -0.2) is 52.3 Å². The first-order chi connectivity index (χ1) is 17.4.